The molecule has 1 aromatic heterocycles. The molecule has 0 N–H and O–H groups in total. The molecule has 3 atom stereocenters. The molecule has 6 heteroatoms. The smallest absolute Gasteiger partial charge is 0.228 e. The minimum Gasteiger partial charge on any atom is -0.380 e. The largest absolute Gasteiger partial charge is 0.380 e. The average molecular weight is 331 g/mol. The van der Waals surface area contributed by atoms with Crippen molar-refractivity contribution in [1.29, 1.82) is 0 Å². The number of amides is 1. The number of ether oxygens (including phenoxy) is 2. The van der Waals surface area contributed by atoms with E-state index in [9.17, 15) is 4.79 Å². The fourth-order valence-corrected chi connectivity index (χ4v) is 4.21. The maximum Gasteiger partial charge on any atom is 0.228 e. The van der Waals surface area contributed by atoms with Crippen LogP contribution in [0.25, 0.3) is 0 Å². The first kappa shape index (κ1) is 16.0. The van der Waals surface area contributed by atoms with Crippen LogP contribution in [-0.2, 0) is 20.8 Å². The highest BCUT2D eigenvalue weighted by Gasteiger charge is 2.45. The molecule has 1 amide bonds. The maximum absolute atomic E-state index is 12.9. The molecule has 3 aliphatic rings. The summed E-state index contributed by atoms with van der Waals surface area (Å²) >= 11 is 0. The molecule has 0 aromatic carbocycles. The van der Waals surface area contributed by atoms with Gasteiger partial charge >= 0.3 is 0 Å². The van der Waals surface area contributed by atoms with E-state index < -0.39 is 0 Å². The Kier molecular flexibility index (Phi) is 4.78. The molecule has 4 heterocycles. The van der Waals surface area contributed by atoms with E-state index in [2.05, 4.69) is 16.0 Å². The van der Waals surface area contributed by atoms with E-state index in [4.69, 9.17) is 9.47 Å². The van der Waals surface area contributed by atoms with Crippen LogP contribution < -0.4 is 0 Å². The number of hydrogen-bond acceptors (Lipinski definition) is 5. The number of hydrogen-bond donors (Lipinski definition) is 0. The Morgan fingerprint density at radius 2 is 2.04 bits per heavy atom. The van der Waals surface area contributed by atoms with Crippen LogP contribution in [0.3, 0.4) is 0 Å². The molecule has 3 saturated heterocycles. The number of aromatic nitrogens is 1. The first-order valence-corrected chi connectivity index (χ1v) is 8.88. The molecular weight excluding hydrogens is 306 g/mol. The van der Waals surface area contributed by atoms with E-state index in [1.165, 1.54) is 0 Å². The van der Waals surface area contributed by atoms with Crippen molar-refractivity contribution in [3.05, 3.63) is 30.1 Å². The van der Waals surface area contributed by atoms with Gasteiger partial charge in [0.05, 0.1) is 38.0 Å². The Bertz CT molecular complexity index is 562. The Morgan fingerprint density at radius 3 is 2.83 bits per heavy atom. The number of likely N-dealkylation sites (tertiary alicyclic amines) is 1. The number of carbonyl (C=O) groups excluding carboxylic acids is 1. The monoisotopic (exact) mass is 331 g/mol. The van der Waals surface area contributed by atoms with Crippen molar-refractivity contribution in [3.8, 4) is 0 Å². The predicted octanol–water partition coefficient (Wildman–Crippen LogP) is 0.635. The van der Waals surface area contributed by atoms with Gasteiger partial charge in [0.2, 0.25) is 5.91 Å². The highest BCUT2D eigenvalue weighted by molar-refractivity contribution is 5.79. The summed E-state index contributed by atoms with van der Waals surface area (Å²) in [5.41, 5.74) is 1.09. The highest BCUT2D eigenvalue weighted by Crippen LogP contribution is 2.35. The van der Waals surface area contributed by atoms with Gasteiger partial charge in [0.15, 0.2) is 0 Å². The lowest BCUT2D eigenvalue weighted by Gasteiger charge is -2.36. The number of pyridine rings is 1. The molecule has 3 aliphatic heterocycles. The number of morpholine rings is 1. The van der Waals surface area contributed by atoms with Crippen LogP contribution in [0.15, 0.2) is 24.4 Å². The molecule has 0 unspecified atom stereocenters. The lowest BCUT2D eigenvalue weighted by Crippen LogP contribution is -2.49. The molecule has 6 nitrogen and oxygen atoms in total. The Labute approximate surface area is 142 Å². The SMILES string of the molecule is O=C([C@@H]1COC[C@H]2CN(Cc3ccccn3)C[C@H]21)N1CCOCC1. The summed E-state index contributed by atoms with van der Waals surface area (Å²) in [6.45, 7) is 6.88. The van der Waals surface area contributed by atoms with Gasteiger partial charge < -0.3 is 14.4 Å². The molecule has 0 radical (unpaired) electrons. The van der Waals surface area contributed by atoms with Crippen LogP contribution in [0.2, 0.25) is 0 Å². The lowest BCUT2D eigenvalue weighted by molar-refractivity contribution is -0.148. The standard InChI is InChI=1S/C18H25N3O3/c22-18(21-5-7-23-8-6-21)17-13-24-12-14-9-20(11-16(14)17)10-15-3-1-2-4-19-15/h1-4,14,16-17H,5-13H2/t14-,16-,17-/m1/s1. The number of rotatable bonds is 3. The molecule has 3 fully saturated rings. The predicted molar refractivity (Wildman–Crippen MR) is 88.2 cm³/mol. The average Bonchev–Trinajstić information content (AvgIpc) is 3.05. The van der Waals surface area contributed by atoms with Gasteiger partial charge in [-0.3, -0.25) is 14.7 Å². The van der Waals surface area contributed by atoms with Crippen molar-refractivity contribution in [2.45, 2.75) is 6.54 Å². The summed E-state index contributed by atoms with van der Waals surface area (Å²) < 4.78 is 11.2. The van der Waals surface area contributed by atoms with Crippen LogP contribution in [0.4, 0.5) is 0 Å². The van der Waals surface area contributed by atoms with Gasteiger partial charge in [-0.1, -0.05) is 6.07 Å². The van der Waals surface area contributed by atoms with Crippen LogP contribution in [-0.4, -0.2) is 73.3 Å². The van der Waals surface area contributed by atoms with E-state index >= 15 is 0 Å². The molecule has 0 spiro atoms. The summed E-state index contributed by atoms with van der Waals surface area (Å²) in [6, 6.07) is 6.03. The Balaban J connectivity index is 1.41. The van der Waals surface area contributed by atoms with Gasteiger partial charge in [-0.2, -0.15) is 0 Å². The second kappa shape index (κ2) is 7.17. The van der Waals surface area contributed by atoms with Crippen molar-refractivity contribution in [2.75, 3.05) is 52.6 Å². The van der Waals surface area contributed by atoms with Crippen molar-refractivity contribution in [1.82, 2.24) is 14.8 Å². The third-order valence-corrected chi connectivity index (χ3v) is 5.47. The van der Waals surface area contributed by atoms with E-state index in [-0.39, 0.29) is 11.8 Å². The first-order chi connectivity index (χ1) is 11.8. The van der Waals surface area contributed by atoms with Crippen LogP contribution in [0, 0.1) is 17.8 Å². The zero-order valence-electron chi connectivity index (χ0n) is 14.0. The number of fused-ring (bicyclic) bond motifs is 1. The summed E-state index contributed by atoms with van der Waals surface area (Å²) in [7, 11) is 0. The second-order valence-electron chi connectivity index (χ2n) is 7.02. The van der Waals surface area contributed by atoms with Crippen molar-refractivity contribution >= 4 is 5.91 Å². The minimum atomic E-state index is -0.00409. The van der Waals surface area contributed by atoms with Crippen LogP contribution in [0.1, 0.15) is 5.69 Å². The van der Waals surface area contributed by atoms with Gasteiger partial charge in [0, 0.05) is 38.9 Å². The molecule has 4 rings (SSSR count). The Hall–Kier alpha value is -1.50. The van der Waals surface area contributed by atoms with Gasteiger partial charge in [-0.15, -0.1) is 0 Å². The number of nitrogens with zero attached hydrogens (tertiary/aromatic N) is 3. The quantitative estimate of drug-likeness (QED) is 0.813. The summed E-state index contributed by atoms with van der Waals surface area (Å²) in [5.74, 6) is 1.11. The van der Waals surface area contributed by atoms with E-state index in [1.54, 1.807) is 0 Å². The van der Waals surface area contributed by atoms with Crippen molar-refractivity contribution in [2.24, 2.45) is 17.8 Å². The first-order valence-electron chi connectivity index (χ1n) is 8.88. The minimum absolute atomic E-state index is 0.00409. The van der Waals surface area contributed by atoms with E-state index in [1.807, 2.05) is 23.2 Å². The highest BCUT2D eigenvalue weighted by atomic mass is 16.5. The maximum atomic E-state index is 12.9. The fourth-order valence-electron chi connectivity index (χ4n) is 4.21. The molecule has 1 aromatic rings. The van der Waals surface area contributed by atoms with Gasteiger partial charge in [-0.25, -0.2) is 0 Å². The topological polar surface area (TPSA) is 54.9 Å². The molecule has 0 bridgehead atoms. The second-order valence-corrected chi connectivity index (χ2v) is 7.02. The molecular formula is C18H25N3O3. The normalized spacial score (nSPS) is 31.0. The lowest BCUT2D eigenvalue weighted by atomic mass is 9.82. The zero-order valence-corrected chi connectivity index (χ0v) is 14.0. The number of carbonyl (C=O) groups is 1. The molecule has 24 heavy (non-hydrogen) atoms. The molecule has 0 saturated carbocycles. The fraction of sp³-hybridized carbons (Fsp3) is 0.667. The van der Waals surface area contributed by atoms with Crippen LogP contribution in [0.5, 0.6) is 0 Å². The third kappa shape index (κ3) is 3.31. The summed E-state index contributed by atoms with van der Waals surface area (Å²) in [5, 5.41) is 0. The zero-order chi connectivity index (χ0) is 16.4. The van der Waals surface area contributed by atoms with E-state index in [0.29, 0.717) is 44.7 Å². The van der Waals surface area contributed by atoms with Crippen molar-refractivity contribution < 1.29 is 14.3 Å². The van der Waals surface area contributed by atoms with Gasteiger partial charge in [-0.05, 0) is 24.0 Å². The van der Waals surface area contributed by atoms with Crippen molar-refractivity contribution in [3.63, 3.8) is 0 Å². The summed E-state index contributed by atoms with van der Waals surface area (Å²) in [6.07, 6.45) is 1.84. The Morgan fingerprint density at radius 1 is 1.17 bits per heavy atom. The molecule has 130 valence electrons. The van der Waals surface area contributed by atoms with Gasteiger partial charge in [0.25, 0.3) is 0 Å². The van der Waals surface area contributed by atoms with Crippen LogP contribution >= 0.6 is 0 Å². The summed E-state index contributed by atoms with van der Waals surface area (Å²) in [4.78, 5) is 21.7. The van der Waals surface area contributed by atoms with E-state index in [0.717, 1.165) is 31.9 Å². The van der Waals surface area contributed by atoms with Gasteiger partial charge in [0.1, 0.15) is 0 Å². The third-order valence-electron chi connectivity index (χ3n) is 5.47. The molecule has 0 aliphatic carbocycles.